The van der Waals surface area contributed by atoms with E-state index in [-0.39, 0.29) is 17.2 Å². The Morgan fingerprint density at radius 2 is 1.74 bits per heavy atom. The molecule has 1 heterocycles. The molecule has 0 saturated carbocycles. The molecule has 174 valence electrons. The number of fused-ring (bicyclic) bond motifs is 1. The van der Waals surface area contributed by atoms with Gasteiger partial charge < -0.3 is 19.9 Å². The van der Waals surface area contributed by atoms with Crippen LogP contribution in [-0.2, 0) is 11.3 Å². The monoisotopic (exact) mass is 477 g/mol. The van der Waals surface area contributed by atoms with Crippen molar-refractivity contribution in [3.8, 4) is 5.75 Å². The molecule has 0 unspecified atom stereocenters. The third-order valence-corrected chi connectivity index (χ3v) is 6.29. The predicted molar refractivity (Wildman–Crippen MR) is 133 cm³/mol. The summed E-state index contributed by atoms with van der Waals surface area (Å²) in [6.45, 7) is 0.846. The van der Waals surface area contributed by atoms with Crippen LogP contribution in [0.5, 0.6) is 5.75 Å². The van der Waals surface area contributed by atoms with Crippen molar-refractivity contribution in [1.29, 1.82) is 0 Å². The summed E-state index contributed by atoms with van der Waals surface area (Å²) in [6, 6.07) is 21.1. The van der Waals surface area contributed by atoms with Crippen LogP contribution >= 0.6 is 11.8 Å². The molecule has 0 bridgehead atoms. The number of carbonyl (C=O) groups excluding carboxylic acids is 2. The average molecular weight is 478 g/mol. The van der Waals surface area contributed by atoms with Gasteiger partial charge in [0.15, 0.2) is 0 Å². The second kappa shape index (κ2) is 10.9. The van der Waals surface area contributed by atoms with Crippen LogP contribution in [0.4, 0.5) is 10.1 Å². The number of hydrogen-bond donors (Lipinski definition) is 2. The summed E-state index contributed by atoms with van der Waals surface area (Å²) in [6.07, 6.45) is 1.97. The maximum Gasteiger partial charge on any atom is 0.254 e. The van der Waals surface area contributed by atoms with Crippen LogP contribution in [0.3, 0.4) is 0 Å². The van der Waals surface area contributed by atoms with Crippen LogP contribution in [0, 0.1) is 5.82 Å². The maximum atomic E-state index is 13.8. The Balaban J connectivity index is 1.40. The molecular formula is C26H24FN3O3S. The van der Waals surface area contributed by atoms with Crippen LogP contribution in [-0.4, -0.2) is 35.8 Å². The van der Waals surface area contributed by atoms with Crippen molar-refractivity contribution in [1.82, 2.24) is 9.88 Å². The number of nitrogens with one attached hydrogen (secondary N) is 2. The molecule has 34 heavy (non-hydrogen) atoms. The number of anilines is 1. The molecule has 4 rings (SSSR count). The Labute approximate surface area is 201 Å². The summed E-state index contributed by atoms with van der Waals surface area (Å²) in [5, 5.41) is 6.68. The highest BCUT2D eigenvalue weighted by Gasteiger charge is 2.13. The fraction of sp³-hybridized carbons (Fsp3) is 0.154. The Bertz CT molecular complexity index is 1320. The molecule has 0 radical (unpaired) electrons. The number of halogens is 1. The standard InChI is InChI=1S/C26H24FN3O3S/c1-33-23-13-7-5-11-21(23)29-25(31)17-34-24-16-30(22-12-6-3-9-19(22)24)15-14-28-26(32)18-8-2-4-10-20(18)27/h2-13,16H,14-15,17H2,1H3,(H,28,32)(H,29,31). The highest BCUT2D eigenvalue weighted by Crippen LogP contribution is 2.30. The number of amides is 2. The predicted octanol–water partition coefficient (Wildman–Crippen LogP) is 4.95. The third-order valence-electron chi connectivity index (χ3n) is 5.25. The molecule has 0 aliphatic carbocycles. The fourth-order valence-corrected chi connectivity index (χ4v) is 4.51. The Hall–Kier alpha value is -3.78. The Morgan fingerprint density at radius 3 is 2.56 bits per heavy atom. The van der Waals surface area contributed by atoms with Crippen LogP contribution in [0.2, 0.25) is 0 Å². The molecule has 2 amide bonds. The molecule has 8 heteroatoms. The number of aromatic nitrogens is 1. The number of para-hydroxylation sites is 3. The van der Waals surface area contributed by atoms with Gasteiger partial charge in [0, 0.05) is 35.1 Å². The van der Waals surface area contributed by atoms with Gasteiger partial charge in [-0.15, -0.1) is 11.8 Å². The van der Waals surface area contributed by atoms with E-state index >= 15 is 0 Å². The van der Waals surface area contributed by atoms with Gasteiger partial charge in [-0.2, -0.15) is 0 Å². The first-order chi connectivity index (χ1) is 16.6. The van der Waals surface area contributed by atoms with Crippen LogP contribution in [0.1, 0.15) is 10.4 Å². The molecule has 0 aliphatic heterocycles. The number of thioether (sulfide) groups is 1. The molecule has 0 atom stereocenters. The van der Waals surface area contributed by atoms with E-state index in [0.717, 1.165) is 15.8 Å². The van der Waals surface area contributed by atoms with Crippen molar-refractivity contribution < 1.29 is 18.7 Å². The summed E-state index contributed by atoms with van der Waals surface area (Å²) >= 11 is 1.44. The average Bonchev–Trinajstić information content (AvgIpc) is 3.21. The number of methoxy groups -OCH3 is 1. The second-order valence-electron chi connectivity index (χ2n) is 7.48. The van der Waals surface area contributed by atoms with E-state index in [4.69, 9.17) is 4.74 Å². The number of nitrogens with zero attached hydrogens (tertiary/aromatic N) is 1. The van der Waals surface area contributed by atoms with Gasteiger partial charge in [-0.1, -0.05) is 42.5 Å². The van der Waals surface area contributed by atoms with Crippen molar-refractivity contribution in [2.75, 3.05) is 24.7 Å². The molecule has 0 aliphatic rings. The zero-order chi connectivity index (χ0) is 23.9. The quantitative estimate of drug-likeness (QED) is 0.335. The number of rotatable bonds is 9. The van der Waals surface area contributed by atoms with Crippen molar-refractivity contribution >= 4 is 40.2 Å². The van der Waals surface area contributed by atoms with E-state index in [1.54, 1.807) is 31.4 Å². The Kier molecular flexibility index (Phi) is 7.49. The van der Waals surface area contributed by atoms with Crippen LogP contribution in [0.15, 0.2) is 83.9 Å². The zero-order valence-corrected chi connectivity index (χ0v) is 19.4. The van der Waals surface area contributed by atoms with E-state index in [1.165, 1.54) is 23.9 Å². The van der Waals surface area contributed by atoms with Crippen LogP contribution < -0.4 is 15.4 Å². The molecule has 3 aromatic carbocycles. The molecule has 2 N–H and O–H groups in total. The number of carbonyl (C=O) groups is 2. The normalized spacial score (nSPS) is 10.8. The van der Waals surface area contributed by atoms with Gasteiger partial charge >= 0.3 is 0 Å². The minimum Gasteiger partial charge on any atom is -0.495 e. The van der Waals surface area contributed by atoms with E-state index in [1.807, 2.05) is 47.2 Å². The lowest BCUT2D eigenvalue weighted by Gasteiger charge is -2.09. The lowest BCUT2D eigenvalue weighted by Crippen LogP contribution is -2.27. The van der Waals surface area contributed by atoms with Gasteiger partial charge in [0.25, 0.3) is 5.91 Å². The first-order valence-corrected chi connectivity index (χ1v) is 11.7. The lowest BCUT2D eigenvalue weighted by atomic mass is 10.2. The molecule has 4 aromatic rings. The highest BCUT2D eigenvalue weighted by atomic mass is 32.2. The van der Waals surface area contributed by atoms with Gasteiger partial charge in [0.05, 0.1) is 24.1 Å². The van der Waals surface area contributed by atoms with Crippen molar-refractivity contribution in [2.24, 2.45) is 0 Å². The number of benzene rings is 3. The Morgan fingerprint density at radius 1 is 1.00 bits per heavy atom. The highest BCUT2D eigenvalue weighted by molar-refractivity contribution is 8.00. The minimum absolute atomic E-state index is 0.0252. The van der Waals surface area contributed by atoms with Crippen molar-refractivity contribution in [2.45, 2.75) is 11.4 Å². The van der Waals surface area contributed by atoms with Crippen molar-refractivity contribution in [3.05, 3.63) is 90.4 Å². The second-order valence-corrected chi connectivity index (χ2v) is 8.49. The molecule has 6 nitrogen and oxygen atoms in total. The zero-order valence-electron chi connectivity index (χ0n) is 18.6. The summed E-state index contributed by atoms with van der Waals surface area (Å²) < 4.78 is 21.1. The third kappa shape index (κ3) is 5.40. The number of ether oxygens (including phenoxy) is 1. The first-order valence-electron chi connectivity index (χ1n) is 10.7. The SMILES string of the molecule is COc1ccccc1NC(=O)CSc1cn(CCNC(=O)c2ccccc2F)c2ccccc12. The van der Waals surface area contributed by atoms with E-state index in [2.05, 4.69) is 10.6 Å². The molecular weight excluding hydrogens is 453 g/mol. The summed E-state index contributed by atoms with van der Waals surface area (Å²) in [5.41, 5.74) is 1.65. The smallest absolute Gasteiger partial charge is 0.254 e. The van der Waals surface area contributed by atoms with Crippen molar-refractivity contribution in [3.63, 3.8) is 0 Å². The lowest BCUT2D eigenvalue weighted by molar-refractivity contribution is -0.113. The maximum absolute atomic E-state index is 13.8. The molecule has 0 fully saturated rings. The first kappa shape index (κ1) is 23.4. The molecule has 0 saturated heterocycles. The van der Waals surface area contributed by atoms with E-state index in [9.17, 15) is 14.0 Å². The molecule has 0 spiro atoms. The summed E-state index contributed by atoms with van der Waals surface area (Å²) in [7, 11) is 1.56. The van der Waals surface area contributed by atoms with Gasteiger partial charge in [-0.05, 0) is 30.3 Å². The largest absolute Gasteiger partial charge is 0.495 e. The van der Waals surface area contributed by atoms with Crippen LogP contribution in [0.25, 0.3) is 10.9 Å². The van der Waals surface area contributed by atoms with Gasteiger partial charge in [-0.3, -0.25) is 9.59 Å². The van der Waals surface area contributed by atoms with Gasteiger partial charge in [0.2, 0.25) is 5.91 Å². The van der Waals surface area contributed by atoms with E-state index in [0.29, 0.717) is 24.5 Å². The topological polar surface area (TPSA) is 72.4 Å². The van der Waals surface area contributed by atoms with Gasteiger partial charge in [-0.25, -0.2) is 4.39 Å². The fourth-order valence-electron chi connectivity index (χ4n) is 3.62. The summed E-state index contributed by atoms with van der Waals surface area (Å²) in [4.78, 5) is 25.8. The minimum atomic E-state index is -0.545. The van der Waals surface area contributed by atoms with Gasteiger partial charge in [0.1, 0.15) is 11.6 Å². The number of hydrogen-bond acceptors (Lipinski definition) is 4. The molecule has 1 aromatic heterocycles. The van der Waals surface area contributed by atoms with E-state index < -0.39 is 11.7 Å². The summed E-state index contributed by atoms with van der Waals surface area (Å²) in [5.74, 6) is -0.289.